The molecule has 1 N–H and O–H groups in total. The second-order valence-corrected chi connectivity index (χ2v) is 7.86. The molecule has 0 radical (unpaired) electrons. The number of hydrogen-bond acceptors (Lipinski definition) is 3. The van der Waals surface area contributed by atoms with Crippen LogP contribution in [0.1, 0.15) is 23.3 Å². The number of thiophene rings is 1. The third kappa shape index (κ3) is 4.22. The van der Waals surface area contributed by atoms with Crippen LogP contribution < -0.4 is 10.2 Å². The summed E-state index contributed by atoms with van der Waals surface area (Å²) in [7, 11) is 2.14. The summed E-state index contributed by atoms with van der Waals surface area (Å²) in [6.45, 7) is 1.80. The molecule has 0 saturated heterocycles. The fraction of sp³-hybridized carbons (Fsp3) is 0.375. The predicted molar refractivity (Wildman–Crippen MR) is 95.4 cm³/mol. The van der Waals surface area contributed by atoms with E-state index in [4.69, 9.17) is 11.6 Å². The van der Waals surface area contributed by atoms with Crippen LogP contribution in [-0.4, -0.2) is 13.1 Å². The molecule has 0 bridgehead atoms. The highest BCUT2D eigenvalue weighted by molar-refractivity contribution is 9.10. The number of benzene rings is 1. The van der Waals surface area contributed by atoms with E-state index in [9.17, 15) is 0 Å². The molecule has 1 aromatic carbocycles. The van der Waals surface area contributed by atoms with E-state index in [1.165, 1.54) is 29.0 Å². The summed E-state index contributed by atoms with van der Waals surface area (Å²) in [6, 6.07) is 9.05. The van der Waals surface area contributed by atoms with Gasteiger partial charge in [0.2, 0.25) is 0 Å². The van der Waals surface area contributed by atoms with Crippen LogP contribution in [0.15, 0.2) is 34.1 Å². The molecule has 1 fully saturated rings. The maximum atomic E-state index is 6.17. The molecule has 0 atom stereocenters. The van der Waals surface area contributed by atoms with Gasteiger partial charge in [-0.05, 0) is 58.6 Å². The Hall–Kier alpha value is -0.550. The average Bonchev–Trinajstić information content (AvgIpc) is 3.19. The number of hydrogen-bond donors (Lipinski definition) is 1. The van der Waals surface area contributed by atoms with Gasteiger partial charge in [-0.1, -0.05) is 11.6 Å². The zero-order valence-corrected chi connectivity index (χ0v) is 15.1. The fourth-order valence-electron chi connectivity index (χ4n) is 2.37. The zero-order valence-electron chi connectivity index (χ0n) is 11.9. The highest BCUT2D eigenvalue weighted by Crippen LogP contribution is 2.28. The third-order valence-electron chi connectivity index (χ3n) is 3.63. The summed E-state index contributed by atoms with van der Waals surface area (Å²) in [5.41, 5.74) is 2.52. The van der Waals surface area contributed by atoms with Gasteiger partial charge in [0, 0.05) is 45.1 Å². The van der Waals surface area contributed by atoms with E-state index in [2.05, 4.69) is 56.8 Å². The monoisotopic (exact) mass is 384 g/mol. The minimum absolute atomic E-state index is 0.704. The predicted octanol–water partition coefficient (Wildman–Crippen LogP) is 5.05. The van der Waals surface area contributed by atoms with E-state index >= 15 is 0 Å². The Morgan fingerprint density at radius 2 is 2.19 bits per heavy atom. The van der Waals surface area contributed by atoms with E-state index < -0.39 is 0 Å². The lowest BCUT2D eigenvalue weighted by atomic mass is 10.1. The van der Waals surface area contributed by atoms with Crippen LogP contribution in [0.4, 0.5) is 5.69 Å². The average molecular weight is 386 g/mol. The molecule has 2 nitrogen and oxygen atoms in total. The van der Waals surface area contributed by atoms with Crippen LogP contribution in [0.3, 0.4) is 0 Å². The van der Waals surface area contributed by atoms with Gasteiger partial charge in [0.25, 0.3) is 0 Å². The molecule has 112 valence electrons. The van der Waals surface area contributed by atoms with Gasteiger partial charge in [-0.2, -0.15) is 0 Å². The van der Waals surface area contributed by atoms with E-state index in [0.29, 0.717) is 6.04 Å². The van der Waals surface area contributed by atoms with E-state index in [0.717, 1.165) is 22.6 Å². The minimum Gasteiger partial charge on any atom is -0.369 e. The Bertz CT molecular complexity index is 624. The summed E-state index contributed by atoms with van der Waals surface area (Å²) in [6.07, 6.45) is 2.60. The Morgan fingerprint density at radius 3 is 2.86 bits per heavy atom. The number of nitrogens with one attached hydrogen (secondary N) is 1. The van der Waals surface area contributed by atoms with E-state index in [-0.39, 0.29) is 0 Å². The van der Waals surface area contributed by atoms with Crippen LogP contribution in [0.5, 0.6) is 0 Å². The molecule has 5 heteroatoms. The van der Waals surface area contributed by atoms with Gasteiger partial charge in [0.05, 0.1) is 6.54 Å². The Balaban J connectivity index is 1.75. The van der Waals surface area contributed by atoms with Crippen molar-refractivity contribution in [3.8, 4) is 0 Å². The van der Waals surface area contributed by atoms with Gasteiger partial charge >= 0.3 is 0 Å². The number of rotatable bonds is 6. The van der Waals surface area contributed by atoms with Crippen LogP contribution in [0.25, 0.3) is 0 Å². The van der Waals surface area contributed by atoms with Crippen molar-refractivity contribution < 1.29 is 0 Å². The Morgan fingerprint density at radius 1 is 1.38 bits per heavy atom. The van der Waals surface area contributed by atoms with Gasteiger partial charge in [-0.15, -0.1) is 11.3 Å². The molecule has 0 spiro atoms. The summed E-state index contributed by atoms with van der Waals surface area (Å²) in [5, 5.41) is 6.50. The van der Waals surface area contributed by atoms with Crippen molar-refractivity contribution >= 4 is 44.6 Å². The van der Waals surface area contributed by atoms with E-state index in [1.807, 2.05) is 6.07 Å². The SMILES string of the molecule is CN(Cc1cc(Br)cs1)c1ccc(Cl)cc1CNC1CC1. The van der Waals surface area contributed by atoms with Crippen molar-refractivity contribution in [1.82, 2.24) is 5.32 Å². The summed E-state index contributed by atoms with van der Waals surface area (Å²) >= 11 is 11.5. The second-order valence-electron chi connectivity index (χ2n) is 5.52. The molecule has 1 aliphatic carbocycles. The highest BCUT2D eigenvalue weighted by atomic mass is 79.9. The third-order valence-corrected chi connectivity index (χ3v) is 5.54. The van der Waals surface area contributed by atoms with Gasteiger partial charge in [-0.25, -0.2) is 0 Å². The number of halogens is 2. The first-order valence-corrected chi connectivity index (χ1v) is 9.13. The summed E-state index contributed by atoms with van der Waals surface area (Å²) in [4.78, 5) is 3.64. The molecular weight excluding hydrogens is 368 g/mol. The summed E-state index contributed by atoms with van der Waals surface area (Å²) < 4.78 is 1.16. The summed E-state index contributed by atoms with van der Waals surface area (Å²) in [5.74, 6) is 0. The molecule has 0 aliphatic heterocycles. The van der Waals surface area contributed by atoms with Gasteiger partial charge in [0.15, 0.2) is 0 Å². The quantitative estimate of drug-likeness (QED) is 0.748. The van der Waals surface area contributed by atoms with Crippen LogP contribution in [-0.2, 0) is 13.1 Å². The molecular formula is C16H18BrClN2S. The van der Waals surface area contributed by atoms with E-state index in [1.54, 1.807) is 11.3 Å². The standard InChI is InChI=1S/C16H18BrClN2S/c1-20(9-15-7-12(17)10-21-15)16-5-2-13(18)6-11(16)8-19-14-3-4-14/h2,5-7,10,14,19H,3-4,8-9H2,1H3. The minimum atomic E-state index is 0.704. The molecule has 3 rings (SSSR count). The van der Waals surface area contributed by atoms with Crippen molar-refractivity contribution in [2.75, 3.05) is 11.9 Å². The van der Waals surface area contributed by atoms with Crippen molar-refractivity contribution in [2.24, 2.45) is 0 Å². The van der Waals surface area contributed by atoms with Gasteiger partial charge in [0.1, 0.15) is 0 Å². The highest BCUT2D eigenvalue weighted by Gasteiger charge is 2.21. The number of anilines is 1. The first kappa shape index (κ1) is 15.3. The van der Waals surface area contributed by atoms with Gasteiger partial charge in [-0.3, -0.25) is 0 Å². The second kappa shape index (κ2) is 6.69. The molecule has 21 heavy (non-hydrogen) atoms. The van der Waals surface area contributed by atoms with Crippen molar-refractivity contribution in [3.05, 3.63) is 49.6 Å². The molecule has 1 aromatic heterocycles. The lowest BCUT2D eigenvalue weighted by Gasteiger charge is -2.22. The fourth-order valence-corrected chi connectivity index (χ4v) is 4.06. The molecule has 1 aliphatic rings. The first-order chi connectivity index (χ1) is 10.1. The first-order valence-electron chi connectivity index (χ1n) is 7.07. The van der Waals surface area contributed by atoms with Gasteiger partial charge < -0.3 is 10.2 Å². The largest absolute Gasteiger partial charge is 0.369 e. The molecule has 1 heterocycles. The molecule has 0 amide bonds. The lowest BCUT2D eigenvalue weighted by Crippen LogP contribution is -2.21. The maximum absolute atomic E-state index is 6.17. The Kier molecular flexibility index (Phi) is 4.89. The molecule has 0 unspecified atom stereocenters. The molecule has 2 aromatic rings. The molecule has 1 saturated carbocycles. The van der Waals surface area contributed by atoms with Crippen molar-refractivity contribution in [2.45, 2.75) is 32.0 Å². The van der Waals surface area contributed by atoms with Crippen LogP contribution in [0, 0.1) is 0 Å². The topological polar surface area (TPSA) is 15.3 Å². The van der Waals surface area contributed by atoms with Crippen LogP contribution >= 0.6 is 38.9 Å². The smallest absolute Gasteiger partial charge is 0.0520 e. The maximum Gasteiger partial charge on any atom is 0.0520 e. The van der Waals surface area contributed by atoms with Crippen molar-refractivity contribution in [3.63, 3.8) is 0 Å². The number of nitrogens with zero attached hydrogens (tertiary/aromatic N) is 1. The zero-order chi connectivity index (χ0) is 14.8. The van der Waals surface area contributed by atoms with Crippen molar-refractivity contribution in [1.29, 1.82) is 0 Å². The normalized spacial score (nSPS) is 14.4. The lowest BCUT2D eigenvalue weighted by molar-refractivity contribution is 0.685. The van der Waals surface area contributed by atoms with Crippen LogP contribution in [0.2, 0.25) is 5.02 Å². The Labute approximate surface area is 143 Å².